The molecular formula is C4H7NO5S. The average Bonchev–Trinajstić information content (AvgIpc) is 2.08. The van der Waals surface area contributed by atoms with Crippen LogP contribution in [-0.2, 0) is 19.3 Å². The van der Waals surface area contributed by atoms with Gasteiger partial charge in [0.05, 0.1) is 6.54 Å². The van der Waals surface area contributed by atoms with Crippen LogP contribution in [0.1, 0.15) is 6.92 Å². The fourth-order valence-corrected chi connectivity index (χ4v) is 1.76. The van der Waals surface area contributed by atoms with Gasteiger partial charge in [-0.15, -0.1) is 0 Å². The molecule has 7 heteroatoms. The van der Waals surface area contributed by atoms with E-state index in [0.29, 0.717) is 0 Å². The Kier molecular flexibility index (Phi) is 1.66. The second-order valence-corrected chi connectivity index (χ2v) is 3.76. The van der Waals surface area contributed by atoms with Crippen LogP contribution in [0.15, 0.2) is 0 Å². The van der Waals surface area contributed by atoms with Crippen LogP contribution >= 0.6 is 0 Å². The van der Waals surface area contributed by atoms with E-state index in [1.54, 1.807) is 0 Å². The summed E-state index contributed by atoms with van der Waals surface area (Å²) in [7, 11) is -3.83. The minimum absolute atomic E-state index is 0.231. The van der Waals surface area contributed by atoms with Crippen molar-refractivity contribution in [1.29, 1.82) is 0 Å². The summed E-state index contributed by atoms with van der Waals surface area (Å²) in [5.74, 6) is -1.30. The van der Waals surface area contributed by atoms with Crippen molar-refractivity contribution >= 4 is 16.3 Å². The van der Waals surface area contributed by atoms with Crippen molar-refractivity contribution < 1.29 is 22.5 Å². The molecule has 1 unspecified atom stereocenters. The van der Waals surface area contributed by atoms with Crippen molar-refractivity contribution in [3.63, 3.8) is 0 Å². The van der Waals surface area contributed by atoms with E-state index in [-0.39, 0.29) is 6.54 Å². The molecule has 0 aromatic rings. The van der Waals surface area contributed by atoms with Crippen LogP contribution in [0.2, 0.25) is 0 Å². The van der Waals surface area contributed by atoms with Gasteiger partial charge in [-0.05, 0) is 6.92 Å². The lowest BCUT2D eigenvalue weighted by molar-refractivity contribution is -0.151. The minimum atomic E-state index is -3.83. The molecule has 64 valence electrons. The molecule has 0 aliphatic carbocycles. The topological polar surface area (TPSA) is 92.7 Å². The SMILES string of the molecule is CC1(C(=O)O)CNS(=O)(=O)O1. The molecule has 6 nitrogen and oxygen atoms in total. The van der Waals surface area contributed by atoms with Gasteiger partial charge in [0.2, 0.25) is 0 Å². The van der Waals surface area contributed by atoms with Gasteiger partial charge >= 0.3 is 16.3 Å². The average molecular weight is 181 g/mol. The summed E-state index contributed by atoms with van der Waals surface area (Å²) in [6, 6.07) is 0. The Hall–Kier alpha value is -0.660. The zero-order chi connectivity index (χ0) is 8.70. The number of hydrogen-bond acceptors (Lipinski definition) is 4. The van der Waals surface area contributed by atoms with Crippen LogP contribution in [0.3, 0.4) is 0 Å². The number of aliphatic carboxylic acids is 1. The fourth-order valence-electron chi connectivity index (χ4n) is 0.638. The molecule has 2 N–H and O–H groups in total. The molecule has 0 saturated carbocycles. The van der Waals surface area contributed by atoms with E-state index < -0.39 is 21.9 Å². The van der Waals surface area contributed by atoms with Crippen LogP contribution in [0, 0.1) is 0 Å². The van der Waals surface area contributed by atoms with Crippen LogP contribution in [0.5, 0.6) is 0 Å². The predicted molar refractivity (Wildman–Crippen MR) is 34.0 cm³/mol. The highest BCUT2D eigenvalue weighted by molar-refractivity contribution is 7.85. The maximum atomic E-state index is 10.6. The molecule has 1 heterocycles. The van der Waals surface area contributed by atoms with Crippen molar-refractivity contribution in [2.75, 3.05) is 6.54 Å². The maximum Gasteiger partial charge on any atom is 0.338 e. The Morgan fingerprint density at radius 2 is 2.27 bits per heavy atom. The molecule has 1 aliphatic heterocycles. The predicted octanol–water partition coefficient (Wildman–Crippen LogP) is -1.31. The molecule has 0 bridgehead atoms. The Labute approximate surface area is 63.4 Å². The molecule has 0 spiro atoms. The van der Waals surface area contributed by atoms with Crippen LogP contribution in [-0.4, -0.2) is 31.6 Å². The first-order valence-electron chi connectivity index (χ1n) is 2.79. The van der Waals surface area contributed by atoms with Gasteiger partial charge in [0, 0.05) is 0 Å². The molecule has 0 radical (unpaired) electrons. The van der Waals surface area contributed by atoms with E-state index in [1.807, 2.05) is 4.72 Å². The van der Waals surface area contributed by atoms with Gasteiger partial charge < -0.3 is 5.11 Å². The number of hydrogen-bond donors (Lipinski definition) is 2. The minimum Gasteiger partial charge on any atom is -0.479 e. The van der Waals surface area contributed by atoms with Gasteiger partial charge in [0.25, 0.3) is 0 Å². The van der Waals surface area contributed by atoms with Crippen LogP contribution < -0.4 is 4.72 Å². The summed E-state index contributed by atoms with van der Waals surface area (Å²) < 4.78 is 27.3. The first-order chi connectivity index (χ1) is 4.86. The van der Waals surface area contributed by atoms with Crippen LogP contribution in [0.4, 0.5) is 0 Å². The van der Waals surface area contributed by atoms with Crippen molar-refractivity contribution in [2.45, 2.75) is 12.5 Å². The lowest BCUT2D eigenvalue weighted by Crippen LogP contribution is -2.38. The number of nitrogens with one attached hydrogen (secondary N) is 1. The molecular weight excluding hydrogens is 174 g/mol. The molecule has 1 atom stereocenters. The number of carbonyl (C=O) groups is 1. The van der Waals surface area contributed by atoms with Gasteiger partial charge in [0.15, 0.2) is 5.60 Å². The second-order valence-electron chi connectivity index (χ2n) is 2.39. The lowest BCUT2D eigenvalue weighted by Gasteiger charge is -2.12. The molecule has 1 saturated heterocycles. The smallest absolute Gasteiger partial charge is 0.338 e. The zero-order valence-corrected chi connectivity index (χ0v) is 6.51. The summed E-state index contributed by atoms with van der Waals surface area (Å²) in [5, 5.41) is 8.48. The van der Waals surface area contributed by atoms with E-state index in [9.17, 15) is 13.2 Å². The van der Waals surface area contributed by atoms with Crippen molar-refractivity contribution in [3.8, 4) is 0 Å². The van der Waals surface area contributed by atoms with E-state index in [2.05, 4.69) is 4.18 Å². The highest BCUT2D eigenvalue weighted by atomic mass is 32.2. The van der Waals surface area contributed by atoms with E-state index in [0.717, 1.165) is 0 Å². The van der Waals surface area contributed by atoms with E-state index >= 15 is 0 Å². The highest BCUT2D eigenvalue weighted by Crippen LogP contribution is 2.18. The Morgan fingerprint density at radius 1 is 1.73 bits per heavy atom. The molecule has 1 rings (SSSR count). The summed E-state index contributed by atoms with van der Waals surface area (Å²) in [5.41, 5.74) is -1.65. The summed E-state index contributed by atoms with van der Waals surface area (Å²) in [4.78, 5) is 10.4. The van der Waals surface area contributed by atoms with E-state index in [4.69, 9.17) is 5.11 Å². The standard InChI is InChI=1S/C4H7NO5S/c1-4(3(6)7)2-5-11(8,9)10-4/h5H,2H2,1H3,(H,6,7). The Morgan fingerprint density at radius 3 is 2.45 bits per heavy atom. The molecule has 0 amide bonds. The first-order valence-corrected chi connectivity index (χ1v) is 4.20. The molecule has 0 aromatic heterocycles. The number of rotatable bonds is 1. The maximum absolute atomic E-state index is 10.6. The summed E-state index contributed by atoms with van der Waals surface area (Å²) in [6.45, 7) is 0.956. The van der Waals surface area contributed by atoms with Crippen molar-refractivity contribution in [3.05, 3.63) is 0 Å². The van der Waals surface area contributed by atoms with Gasteiger partial charge in [-0.25, -0.2) is 8.98 Å². The van der Waals surface area contributed by atoms with Crippen LogP contribution in [0.25, 0.3) is 0 Å². The van der Waals surface area contributed by atoms with Gasteiger partial charge in [0.1, 0.15) is 0 Å². The summed E-state index contributed by atoms with van der Waals surface area (Å²) >= 11 is 0. The lowest BCUT2D eigenvalue weighted by atomic mass is 10.1. The largest absolute Gasteiger partial charge is 0.479 e. The molecule has 11 heavy (non-hydrogen) atoms. The van der Waals surface area contributed by atoms with Gasteiger partial charge in [-0.2, -0.15) is 13.1 Å². The highest BCUT2D eigenvalue weighted by Gasteiger charge is 2.45. The molecule has 1 fully saturated rings. The number of carboxylic acid groups (broad SMARTS) is 1. The molecule has 1 aliphatic rings. The van der Waals surface area contributed by atoms with Crippen molar-refractivity contribution in [2.24, 2.45) is 0 Å². The quantitative estimate of drug-likeness (QED) is 0.524. The normalized spacial score (nSPS) is 35.4. The third-order valence-corrected chi connectivity index (χ3v) is 2.42. The zero-order valence-electron chi connectivity index (χ0n) is 5.70. The van der Waals surface area contributed by atoms with E-state index in [1.165, 1.54) is 6.92 Å². The first kappa shape index (κ1) is 8.44. The van der Waals surface area contributed by atoms with Gasteiger partial charge in [-0.3, -0.25) is 0 Å². The monoisotopic (exact) mass is 181 g/mol. The summed E-state index contributed by atoms with van der Waals surface area (Å²) in [6.07, 6.45) is 0. The second kappa shape index (κ2) is 2.16. The Balaban J connectivity index is 2.90. The fraction of sp³-hybridized carbons (Fsp3) is 0.750. The number of carboxylic acids is 1. The Bertz CT molecular complexity index is 283. The molecule has 0 aromatic carbocycles. The third kappa shape index (κ3) is 1.50. The van der Waals surface area contributed by atoms with Crippen molar-refractivity contribution in [1.82, 2.24) is 4.72 Å². The third-order valence-electron chi connectivity index (χ3n) is 1.33. The van der Waals surface area contributed by atoms with Gasteiger partial charge in [-0.1, -0.05) is 0 Å².